The highest BCUT2D eigenvalue weighted by atomic mass is 16.5. The lowest BCUT2D eigenvalue weighted by Crippen LogP contribution is -2.16. The largest absolute Gasteiger partial charge is 0.491 e. The third kappa shape index (κ3) is 0.994. The average molecular weight is 151 g/mol. The van der Waals surface area contributed by atoms with Crippen molar-refractivity contribution in [3.8, 4) is 5.75 Å². The minimum absolute atomic E-state index is 0. The van der Waals surface area contributed by atoms with Gasteiger partial charge in [0.25, 0.3) is 0 Å². The van der Waals surface area contributed by atoms with Crippen LogP contribution in [0.4, 0.5) is 0 Å². The van der Waals surface area contributed by atoms with Crippen LogP contribution in [0.2, 0.25) is 0 Å². The van der Waals surface area contributed by atoms with E-state index in [4.69, 9.17) is 4.74 Å². The van der Waals surface area contributed by atoms with E-state index in [0.29, 0.717) is 6.04 Å². The molecule has 0 saturated heterocycles. The normalized spacial score (nSPS) is 21.0. The number of fused-ring (bicyclic) bond motifs is 1. The smallest absolute Gasteiger partial charge is 0.124 e. The van der Waals surface area contributed by atoms with Gasteiger partial charge in [-0.3, -0.25) is 0 Å². The molecule has 2 rings (SSSR count). The lowest BCUT2D eigenvalue weighted by atomic mass is 10.1. The maximum Gasteiger partial charge on any atom is 0.124 e. The highest BCUT2D eigenvalue weighted by molar-refractivity contribution is 5.38. The zero-order chi connectivity index (χ0) is 7.68. The van der Waals surface area contributed by atoms with Crippen molar-refractivity contribution in [1.82, 2.24) is 5.32 Å². The van der Waals surface area contributed by atoms with Crippen LogP contribution in [-0.2, 0) is 0 Å². The van der Waals surface area contributed by atoms with Crippen molar-refractivity contribution < 1.29 is 6.16 Å². The highest BCUT2D eigenvalue weighted by Crippen LogP contribution is 2.30. The van der Waals surface area contributed by atoms with Crippen LogP contribution < -0.4 is 10.1 Å². The van der Waals surface area contributed by atoms with Crippen molar-refractivity contribution >= 4 is 0 Å². The van der Waals surface area contributed by atoms with E-state index in [-0.39, 0.29) is 1.43 Å². The third-order valence-corrected chi connectivity index (χ3v) is 2.05. The fourth-order valence-corrected chi connectivity index (χ4v) is 1.40. The van der Waals surface area contributed by atoms with Gasteiger partial charge in [-0.2, -0.15) is 0 Å². The minimum atomic E-state index is 0. The van der Waals surface area contributed by atoms with Gasteiger partial charge in [-0.25, -0.2) is 0 Å². The van der Waals surface area contributed by atoms with Crippen molar-refractivity contribution in [3.05, 3.63) is 29.8 Å². The molecule has 0 bridgehead atoms. The molecule has 60 valence electrons. The van der Waals surface area contributed by atoms with Crippen LogP contribution in [-0.4, -0.2) is 13.7 Å². The predicted octanol–water partition coefficient (Wildman–Crippen LogP) is 1.59. The third-order valence-electron chi connectivity index (χ3n) is 2.05. The van der Waals surface area contributed by atoms with E-state index in [1.165, 1.54) is 5.56 Å². The van der Waals surface area contributed by atoms with Gasteiger partial charge < -0.3 is 10.1 Å². The summed E-state index contributed by atoms with van der Waals surface area (Å²) in [6.45, 7) is 0.760. The molecule has 0 amide bonds. The van der Waals surface area contributed by atoms with Crippen LogP contribution in [0.5, 0.6) is 5.75 Å². The summed E-state index contributed by atoms with van der Waals surface area (Å²) in [6, 6.07) is 8.52. The summed E-state index contributed by atoms with van der Waals surface area (Å²) in [6.07, 6.45) is 0. The number of benzene rings is 1. The Kier molecular flexibility index (Phi) is 1.55. The van der Waals surface area contributed by atoms with E-state index in [9.17, 15) is 0 Å². The number of nitrogens with one attached hydrogen (secondary N) is 1. The summed E-state index contributed by atoms with van der Waals surface area (Å²) in [7, 11) is 1.95. The molecular formula is C9H13NO. The molecule has 1 heterocycles. The molecule has 1 aromatic rings. The van der Waals surface area contributed by atoms with Gasteiger partial charge in [0.2, 0.25) is 0 Å². The summed E-state index contributed by atoms with van der Waals surface area (Å²) in [5.74, 6) is 1.02. The van der Waals surface area contributed by atoms with E-state index < -0.39 is 0 Å². The Morgan fingerprint density at radius 2 is 2.36 bits per heavy atom. The molecule has 1 aromatic carbocycles. The Labute approximate surface area is 67.7 Å². The van der Waals surface area contributed by atoms with Crippen molar-refractivity contribution in [1.29, 1.82) is 0 Å². The van der Waals surface area contributed by atoms with Gasteiger partial charge in [0.1, 0.15) is 12.4 Å². The number of likely N-dealkylation sites (N-methyl/N-ethyl adjacent to an activating group) is 1. The Hall–Kier alpha value is -1.02. The van der Waals surface area contributed by atoms with E-state index in [1.54, 1.807) is 0 Å². The number of ether oxygens (including phenoxy) is 1. The van der Waals surface area contributed by atoms with Gasteiger partial charge in [0.15, 0.2) is 0 Å². The summed E-state index contributed by atoms with van der Waals surface area (Å²) in [5, 5.41) is 3.20. The fraction of sp³-hybridized carbons (Fsp3) is 0.333. The van der Waals surface area contributed by atoms with E-state index in [1.807, 2.05) is 25.2 Å². The number of hydrogen-bond acceptors (Lipinski definition) is 2. The van der Waals surface area contributed by atoms with Gasteiger partial charge in [-0.1, -0.05) is 18.2 Å². The SMILES string of the molecule is CNC1COc2ccccc21.[HH]. The van der Waals surface area contributed by atoms with Gasteiger partial charge in [-0.05, 0) is 13.1 Å². The Morgan fingerprint density at radius 1 is 1.55 bits per heavy atom. The molecule has 2 heteroatoms. The summed E-state index contributed by atoms with van der Waals surface area (Å²) < 4.78 is 5.44. The Bertz CT molecular complexity index is 264. The quantitative estimate of drug-likeness (QED) is 0.658. The molecule has 1 aliphatic rings. The van der Waals surface area contributed by atoms with Crippen LogP contribution in [0.15, 0.2) is 24.3 Å². The number of hydrogen-bond donors (Lipinski definition) is 1. The maximum absolute atomic E-state index is 5.44. The molecule has 0 saturated carbocycles. The summed E-state index contributed by atoms with van der Waals surface area (Å²) in [4.78, 5) is 0. The zero-order valence-electron chi connectivity index (χ0n) is 6.50. The first-order valence-corrected chi connectivity index (χ1v) is 3.81. The topological polar surface area (TPSA) is 21.3 Å². The second-order valence-corrected chi connectivity index (χ2v) is 2.69. The zero-order valence-corrected chi connectivity index (χ0v) is 6.50. The summed E-state index contributed by atoms with van der Waals surface area (Å²) in [5.41, 5.74) is 1.27. The van der Waals surface area contributed by atoms with E-state index in [2.05, 4.69) is 11.4 Å². The lowest BCUT2D eigenvalue weighted by molar-refractivity contribution is 0.318. The molecule has 0 aliphatic carbocycles. The van der Waals surface area contributed by atoms with Crippen LogP contribution in [0, 0.1) is 0 Å². The molecule has 0 fully saturated rings. The minimum Gasteiger partial charge on any atom is -0.491 e. The first-order valence-electron chi connectivity index (χ1n) is 3.81. The van der Waals surface area contributed by atoms with Gasteiger partial charge in [0, 0.05) is 6.99 Å². The molecule has 1 atom stereocenters. The maximum atomic E-state index is 5.44. The van der Waals surface area contributed by atoms with Crippen molar-refractivity contribution in [2.24, 2.45) is 0 Å². The standard InChI is InChI=1S/C9H11NO.H2/c1-10-8-6-11-9-5-3-2-4-7(8)9;/h2-5,8,10H,6H2,1H3;1H. The summed E-state index contributed by atoms with van der Waals surface area (Å²) >= 11 is 0. The second-order valence-electron chi connectivity index (χ2n) is 2.69. The van der Waals surface area contributed by atoms with Crippen LogP contribution in [0.1, 0.15) is 13.0 Å². The van der Waals surface area contributed by atoms with Crippen molar-refractivity contribution in [3.63, 3.8) is 0 Å². The first-order chi connectivity index (χ1) is 5.42. The number of rotatable bonds is 1. The van der Waals surface area contributed by atoms with Gasteiger partial charge >= 0.3 is 0 Å². The van der Waals surface area contributed by atoms with Crippen molar-refractivity contribution in [2.75, 3.05) is 13.7 Å². The molecule has 1 aliphatic heterocycles. The van der Waals surface area contributed by atoms with Crippen LogP contribution >= 0.6 is 0 Å². The van der Waals surface area contributed by atoms with Crippen LogP contribution in [0.25, 0.3) is 0 Å². The molecule has 0 radical (unpaired) electrons. The Balaban J connectivity index is 0.000000720. The first kappa shape index (κ1) is 6.68. The molecular weight excluding hydrogens is 138 g/mol. The average Bonchev–Trinajstić information content (AvgIpc) is 2.47. The van der Waals surface area contributed by atoms with Gasteiger partial charge in [-0.15, -0.1) is 0 Å². The molecule has 0 aromatic heterocycles. The van der Waals surface area contributed by atoms with Crippen LogP contribution in [0.3, 0.4) is 0 Å². The monoisotopic (exact) mass is 151 g/mol. The fourth-order valence-electron chi connectivity index (χ4n) is 1.40. The molecule has 11 heavy (non-hydrogen) atoms. The van der Waals surface area contributed by atoms with E-state index in [0.717, 1.165) is 12.4 Å². The lowest BCUT2D eigenvalue weighted by Gasteiger charge is -2.04. The van der Waals surface area contributed by atoms with Crippen molar-refractivity contribution in [2.45, 2.75) is 6.04 Å². The highest BCUT2D eigenvalue weighted by Gasteiger charge is 2.20. The molecule has 1 N–H and O–H groups in total. The number of para-hydroxylation sites is 1. The second kappa shape index (κ2) is 2.55. The molecule has 2 nitrogen and oxygen atoms in total. The molecule has 1 unspecified atom stereocenters. The van der Waals surface area contributed by atoms with E-state index >= 15 is 0 Å². The molecule has 0 spiro atoms. The Morgan fingerprint density at radius 3 is 3.18 bits per heavy atom. The predicted molar refractivity (Wildman–Crippen MR) is 45.9 cm³/mol. The van der Waals surface area contributed by atoms with Gasteiger partial charge in [0.05, 0.1) is 6.04 Å².